The number of rotatable bonds is 0. The zero-order chi connectivity index (χ0) is 37.4. The number of nitrogens with one attached hydrogen (secondary N) is 1. The molecule has 3 aromatic heterocycles. The van der Waals surface area contributed by atoms with Crippen LogP contribution in [0.2, 0.25) is 0 Å². The maximum atomic E-state index is 7.13. The molecule has 0 fully saturated rings. The van der Waals surface area contributed by atoms with E-state index in [0.717, 1.165) is 86.9 Å². The van der Waals surface area contributed by atoms with Gasteiger partial charge < -0.3 is 10.8 Å². The van der Waals surface area contributed by atoms with Crippen molar-refractivity contribution >= 4 is 87.2 Å². The molecule has 0 amide bonds. The second-order valence-electron chi connectivity index (χ2n) is 14.8. The lowest BCUT2D eigenvalue weighted by Crippen LogP contribution is -2.09. The van der Waals surface area contributed by atoms with Crippen LogP contribution in [0.5, 0.6) is 0 Å². The quantitative estimate of drug-likeness (QED) is 0.149. The Morgan fingerprint density at radius 2 is 0.614 bits per heavy atom. The summed E-state index contributed by atoms with van der Waals surface area (Å²) in [5, 5.41) is 12.2. The molecule has 0 saturated heterocycles. The summed E-state index contributed by atoms with van der Waals surface area (Å²) in [4.78, 5) is 35.2. The molecule has 0 saturated carbocycles. The normalized spacial score (nSPS) is 12.3. The molecule has 3 N–H and O–H groups in total. The van der Waals surface area contributed by atoms with Crippen molar-refractivity contribution in [3.05, 3.63) is 146 Å². The minimum absolute atomic E-state index is 0.518. The van der Waals surface area contributed by atoms with Crippen LogP contribution in [0.15, 0.2) is 146 Å². The Bertz CT molecular complexity index is 3540. The molecule has 9 heteroatoms. The van der Waals surface area contributed by atoms with E-state index in [9.17, 15) is 0 Å². The number of hydrogen-bond donors (Lipinski definition) is 2. The van der Waals surface area contributed by atoms with Crippen LogP contribution in [-0.2, 0) is 0 Å². The van der Waals surface area contributed by atoms with Crippen molar-refractivity contribution in [2.24, 2.45) is 0 Å². The first-order chi connectivity index (χ1) is 28.1. The molecule has 8 bridgehead atoms. The lowest BCUT2D eigenvalue weighted by atomic mass is 10.0. The first kappa shape index (κ1) is 30.3. The molecular formula is C48H27N9. The van der Waals surface area contributed by atoms with Gasteiger partial charge in [0.2, 0.25) is 0 Å². The number of H-pyrrole nitrogens is 1. The van der Waals surface area contributed by atoms with Crippen LogP contribution < -0.4 is 5.84 Å². The molecule has 57 heavy (non-hydrogen) atoms. The summed E-state index contributed by atoms with van der Waals surface area (Å²) in [6.45, 7) is 0. The third-order valence-electron chi connectivity index (χ3n) is 11.5. The standard InChI is InChI=1S/C48H27N9/c49-57-47-39-23-31-15-7-8-16-32(31)24-40(39)48(57)56-46-38-22-30-14-6-4-12-28(30)20-36(38)44(54-46)52-42-34-18-26-10-2-1-9-25(26)17-33(34)41(50-42)51-43-35-19-27-11-3-5-13-29(27)21-37(35)45(53-43)55-47/h1-24H,49H2,(H,50,51,52,53,54,55,56). The van der Waals surface area contributed by atoms with Crippen LogP contribution in [0.3, 0.4) is 0 Å². The zero-order valence-electron chi connectivity index (χ0n) is 30.1. The number of nitrogens with zero attached hydrogens (tertiary/aromatic N) is 7. The fraction of sp³-hybridized carbons (Fsp3) is 0. The van der Waals surface area contributed by atoms with Gasteiger partial charge in [0.1, 0.15) is 11.3 Å². The molecule has 0 spiro atoms. The SMILES string of the molecule is Nn1c2nc3nc(nc4[nH]c(nc5nc(nc1c1cc6ccccc6cc12)-c1cc2ccccc2cc1-5)c1cc2ccccc2cc41)-c1cc2ccccc2cc1-3. The smallest absolute Gasteiger partial charge is 0.164 e. The maximum Gasteiger partial charge on any atom is 0.164 e. The highest BCUT2D eigenvalue weighted by Gasteiger charge is 2.24. The van der Waals surface area contributed by atoms with E-state index in [1.807, 2.05) is 36.4 Å². The summed E-state index contributed by atoms with van der Waals surface area (Å²) in [6.07, 6.45) is 0. The number of nitrogens with two attached hydrogens (primary N) is 1. The van der Waals surface area contributed by atoms with Crippen LogP contribution in [0, 0.1) is 0 Å². The number of benzene rings is 8. The number of fused-ring (bicyclic) bond motifs is 24. The van der Waals surface area contributed by atoms with Gasteiger partial charge in [0, 0.05) is 43.8 Å². The third kappa shape index (κ3) is 4.39. The first-order valence-electron chi connectivity index (χ1n) is 18.8. The van der Waals surface area contributed by atoms with Gasteiger partial charge in [0.15, 0.2) is 34.6 Å². The van der Waals surface area contributed by atoms with Gasteiger partial charge in [-0.3, -0.25) is 0 Å². The molecule has 0 atom stereocenters. The highest BCUT2D eigenvalue weighted by atomic mass is 15.3. The molecule has 8 aromatic carbocycles. The van der Waals surface area contributed by atoms with E-state index in [4.69, 9.17) is 35.7 Å². The van der Waals surface area contributed by atoms with Gasteiger partial charge in [0.05, 0.1) is 0 Å². The summed E-state index contributed by atoms with van der Waals surface area (Å²) in [5.74, 6) is 9.26. The van der Waals surface area contributed by atoms with Gasteiger partial charge >= 0.3 is 0 Å². The number of hydrogen-bond acceptors (Lipinski definition) is 7. The van der Waals surface area contributed by atoms with Crippen LogP contribution in [0.1, 0.15) is 0 Å². The minimum atomic E-state index is 0.518. The molecule has 5 heterocycles. The van der Waals surface area contributed by atoms with Crippen molar-refractivity contribution in [3.8, 4) is 45.6 Å². The first-order valence-corrected chi connectivity index (χ1v) is 18.8. The van der Waals surface area contributed by atoms with Crippen molar-refractivity contribution in [1.82, 2.24) is 39.6 Å². The Morgan fingerprint density at radius 1 is 0.333 bits per heavy atom. The monoisotopic (exact) mass is 729 g/mol. The molecule has 0 radical (unpaired) electrons. The molecule has 11 aromatic rings. The highest BCUT2D eigenvalue weighted by molar-refractivity contribution is 6.13. The minimum Gasteiger partial charge on any atom is -0.336 e. The van der Waals surface area contributed by atoms with E-state index < -0.39 is 0 Å². The molecular weight excluding hydrogens is 703 g/mol. The fourth-order valence-electron chi connectivity index (χ4n) is 8.67. The summed E-state index contributed by atoms with van der Waals surface area (Å²) >= 11 is 0. The Hall–Kier alpha value is -8.04. The van der Waals surface area contributed by atoms with Crippen molar-refractivity contribution in [2.75, 3.05) is 5.84 Å². The Labute approximate surface area is 322 Å². The molecule has 13 rings (SSSR count). The summed E-state index contributed by atoms with van der Waals surface area (Å²) in [6, 6.07) is 50.4. The van der Waals surface area contributed by atoms with Crippen molar-refractivity contribution in [1.29, 1.82) is 0 Å². The lowest BCUT2D eigenvalue weighted by Gasteiger charge is -2.03. The van der Waals surface area contributed by atoms with Crippen molar-refractivity contribution < 1.29 is 0 Å². The third-order valence-corrected chi connectivity index (χ3v) is 11.5. The van der Waals surface area contributed by atoms with Crippen LogP contribution in [0.25, 0.3) is 133 Å². The molecule has 9 nitrogen and oxygen atoms in total. The van der Waals surface area contributed by atoms with Gasteiger partial charge in [-0.25, -0.2) is 34.6 Å². The maximum absolute atomic E-state index is 7.13. The zero-order valence-corrected chi connectivity index (χ0v) is 30.1. The van der Waals surface area contributed by atoms with Crippen LogP contribution in [-0.4, -0.2) is 39.6 Å². The van der Waals surface area contributed by atoms with Crippen molar-refractivity contribution in [2.45, 2.75) is 0 Å². The van der Waals surface area contributed by atoms with E-state index >= 15 is 0 Å². The fourth-order valence-corrected chi connectivity index (χ4v) is 8.67. The second kappa shape index (κ2) is 11.0. The molecule has 2 aliphatic rings. The van der Waals surface area contributed by atoms with Gasteiger partial charge in [-0.1, -0.05) is 97.1 Å². The molecule has 0 aliphatic carbocycles. The van der Waals surface area contributed by atoms with E-state index in [0.29, 0.717) is 45.9 Å². The lowest BCUT2D eigenvalue weighted by molar-refractivity contribution is 1.05. The van der Waals surface area contributed by atoms with E-state index in [1.165, 1.54) is 0 Å². The van der Waals surface area contributed by atoms with E-state index in [2.05, 4.69) is 114 Å². The molecule has 2 aliphatic heterocycles. The Morgan fingerprint density at radius 3 is 0.947 bits per heavy atom. The number of aromatic amines is 1. The average molecular weight is 730 g/mol. The predicted octanol–water partition coefficient (Wildman–Crippen LogP) is 10.7. The number of nitrogen functional groups attached to an aromatic ring is 1. The predicted molar refractivity (Wildman–Crippen MR) is 230 cm³/mol. The van der Waals surface area contributed by atoms with Gasteiger partial charge in [-0.05, 0) is 91.6 Å². The van der Waals surface area contributed by atoms with Crippen LogP contribution >= 0.6 is 0 Å². The molecule has 0 unspecified atom stereocenters. The van der Waals surface area contributed by atoms with Gasteiger partial charge in [0.25, 0.3) is 0 Å². The van der Waals surface area contributed by atoms with Crippen molar-refractivity contribution in [3.63, 3.8) is 0 Å². The topological polar surface area (TPSA) is 124 Å². The highest BCUT2D eigenvalue weighted by Crippen LogP contribution is 2.41. The largest absolute Gasteiger partial charge is 0.336 e. The summed E-state index contributed by atoms with van der Waals surface area (Å²) in [7, 11) is 0. The Kier molecular flexibility index (Phi) is 5.86. The molecule has 264 valence electrons. The second-order valence-corrected chi connectivity index (χ2v) is 14.8. The number of aromatic nitrogens is 8. The Balaban J connectivity index is 1.25. The van der Waals surface area contributed by atoms with E-state index in [1.54, 1.807) is 4.68 Å². The van der Waals surface area contributed by atoms with E-state index in [-0.39, 0.29) is 0 Å². The van der Waals surface area contributed by atoms with Gasteiger partial charge in [-0.2, -0.15) is 0 Å². The summed E-state index contributed by atoms with van der Waals surface area (Å²) in [5.41, 5.74) is 5.87. The summed E-state index contributed by atoms with van der Waals surface area (Å²) < 4.78 is 1.57. The van der Waals surface area contributed by atoms with Gasteiger partial charge in [-0.15, -0.1) is 0 Å². The van der Waals surface area contributed by atoms with Crippen LogP contribution in [0.4, 0.5) is 0 Å². The average Bonchev–Trinajstić information content (AvgIpc) is 3.94.